The van der Waals surface area contributed by atoms with Gasteiger partial charge in [0, 0.05) is 46.7 Å². The molecule has 42 heavy (non-hydrogen) atoms. The van der Waals surface area contributed by atoms with Crippen LogP contribution in [0.2, 0.25) is 0 Å². The third kappa shape index (κ3) is 11.1. The smallest absolute Gasteiger partial charge is 0.255 e. The van der Waals surface area contributed by atoms with Crippen LogP contribution in [-0.2, 0) is 9.59 Å². The number of amides is 4. The summed E-state index contributed by atoms with van der Waals surface area (Å²) in [4.78, 5) is 54.4. The molecular weight excluding hydrogens is 532 g/mol. The summed E-state index contributed by atoms with van der Waals surface area (Å²) in [5.74, 6) is -0.963. The quantitative estimate of drug-likeness (QED) is 0.221. The minimum atomic E-state index is -0.391. The maximum absolute atomic E-state index is 13.0. The predicted octanol–water partition coefficient (Wildman–Crippen LogP) is 4.75. The van der Waals surface area contributed by atoms with E-state index in [9.17, 15) is 19.2 Å². The van der Waals surface area contributed by atoms with Crippen molar-refractivity contribution < 1.29 is 19.2 Å². The third-order valence-electron chi connectivity index (χ3n) is 6.21. The zero-order chi connectivity index (χ0) is 30.5. The second-order valence-electron chi connectivity index (χ2n) is 10.6. The van der Waals surface area contributed by atoms with Crippen LogP contribution in [0.4, 0.5) is 22.7 Å². The van der Waals surface area contributed by atoms with E-state index in [4.69, 9.17) is 0 Å². The molecule has 0 atom stereocenters. The zero-order valence-electron chi connectivity index (χ0n) is 24.7. The van der Waals surface area contributed by atoms with Gasteiger partial charge in [-0.25, -0.2) is 0 Å². The van der Waals surface area contributed by atoms with Crippen molar-refractivity contribution in [1.82, 2.24) is 9.80 Å². The Labute approximate surface area is 247 Å². The number of carbonyl (C=O) groups is 4. The highest BCUT2D eigenvalue weighted by Crippen LogP contribution is 2.19. The van der Waals surface area contributed by atoms with Crippen LogP contribution in [-0.4, -0.2) is 74.7 Å². The molecule has 222 valence electrons. The normalized spacial score (nSPS) is 10.8. The first-order chi connectivity index (χ1) is 20.1. The lowest BCUT2D eigenvalue weighted by Gasteiger charge is -2.12. The Morgan fingerprint density at radius 1 is 0.524 bits per heavy atom. The molecule has 10 heteroatoms. The van der Waals surface area contributed by atoms with Crippen LogP contribution in [0, 0.1) is 0 Å². The predicted molar refractivity (Wildman–Crippen MR) is 168 cm³/mol. The van der Waals surface area contributed by atoms with Gasteiger partial charge in [-0.15, -0.1) is 0 Å². The molecule has 3 aromatic rings. The molecule has 0 unspecified atom stereocenters. The average Bonchev–Trinajstić information content (AvgIpc) is 2.93. The number of benzene rings is 3. The van der Waals surface area contributed by atoms with Crippen LogP contribution < -0.4 is 21.3 Å². The van der Waals surface area contributed by atoms with E-state index in [2.05, 4.69) is 21.3 Å². The van der Waals surface area contributed by atoms with Gasteiger partial charge in [-0.2, -0.15) is 0 Å². The van der Waals surface area contributed by atoms with Crippen LogP contribution >= 0.6 is 0 Å². The van der Waals surface area contributed by atoms with Crippen molar-refractivity contribution in [3.63, 3.8) is 0 Å². The van der Waals surface area contributed by atoms with Crippen molar-refractivity contribution in [2.45, 2.75) is 25.7 Å². The summed E-state index contributed by atoms with van der Waals surface area (Å²) < 4.78 is 0. The monoisotopic (exact) mass is 572 g/mol. The van der Waals surface area contributed by atoms with Gasteiger partial charge in [0.2, 0.25) is 11.8 Å². The summed E-state index contributed by atoms with van der Waals surface area (Å²) >= 11 is 0. The first kappa shape index (κ1) is 32.0. The Morgan fingerprint density at radius 2 is 0.881 bits per heavy atom. The molecule has 0 aliphatic rings. The van der Waals surface area contributed by atoms with Gasteiger partial charge in [-0.3, -0.25) is 19.2 Å². The fourth-order valence-corrected chi connectivity index (χ4v) is 4.12. The van der Waals surface area contributed by atoms with Crippen LogP contribution in [0.1, 0.15) is 46.4 Å². The molecule has 0 aliphatic carbocycles. The molecule has 4 N–H and O–H groups in total. The fraction of sp³-hybridized carbons (Fsp3) is 0.312. The van der Waals surface area contributed by atoms with Crippen LogP contribution in [0.5, 0.6) is 0 Å². The molecular formula is C32H40N6O4. The molecule has 3 aromatic carbocycles. The molecule has 4 amide bonds. The lowest BCUT2D eigenvalue weighted by molar-refractivity contribution is -0.117. The standard InChI is InChI=1S/C32H40N6O4/c1-37(2)18-8-16-29(39)33-25-12-6-14-27(21-25)35-31(41)23-10-5-11-24(20-23)32(42)36-28-15-7-13-26(22-28)34-30(40)17-9-19-38(3)4/h5-7,10-15,20-22H,8-9,16-19H2,1-4H3,(H,33,39)(H,34,40)(H,35,41)(H,36,42). The van der Waals surface area contributed by atoms with Crippen molar-refractivity contribution in [3.8, 4) is 0 Å². The van der Waals surface area contributed by atoms with Crippen LogP contribution in [0.25, 0.3) is 0 Å². The van der Waals surface area contributed by atoms with Gasteiger partial charge < -0.3 is 31.1 Å². The topological polar surface area (TPSA) is 123 Å². The van der Waals surface area contributed by atoms with Gasteiger partial charge in [0.1, 0.15) is 0 Å². The molecule has 0 aromatic heterocycles. The van der Waals surface area contributed by atoms with Crippen molar-refractivity contribution in [2.75, 3.05) is 62.5 Å². The highest BCUT2D eigenvalue weighted by molar-refractivity contribution is 6.09. The molecule has 3 rings (SSSR count). The molecule has 0 radical (unpaired) electrons. The van der Waals surface area contributed by atoms with E-state index in [1.54, 1.807) is 66.7 Å². The average molecular weight is 573 g/mol. The first-order valence-electron chi connectivity index (χ1n) is 13.9. The summed E-state index contributed by atoms with van der Waals surface area (Å²) in [5.41, 5.74) is 2.81. The second-order valence-corrected chi connectivity index (χ2v) is 10.6. The molecule has 10 nitrogen and oxygen atoms in total. The molecule has 0 bridgehead atoms. The first-order valence-corrected chi connectivity index (χ1v) is 13.9. The number of nitrogens with one attached hydrogen (secondary N) is 4. The molecule has 0 saturated carbocycles. The van der Waals surface area contributed by atoms with E-state index in [1.165, 1.54) is 6.07 Å². The Kier molecular flexibility index (Phi) is 12.2. The lowest BCUT2D eigenvalue weighted by Crippen LogP contribution is -2.18. The molecule has 0 heterocycles. The van der Waals surface area contributed by atoms with E-state index in [0.717, 1.165) is 25.9 Å². The van der Waals surface area contributed by atoms with E-state index >= 15 is 0 Å². The number of nitrogens with zero attached hydrogens (tertiary/aromatic N) is 2. The van der Waals surface area contributed by atoms with Crippen molar-refractivity contribution in [3.05, 3.63) is 83.9 Å². The van der Waals surface area contributed by atoms with Crippen LogP contribution in [0.3, 0.4) is 0 Å². The summed E-state index contributed by atoms with van der Waals surface area (Å²) in [6.07, 6.45) is 2.30. The van der Waals surface area contributed by atoms with Gasteiger partial charge in [0.25, 0.3) is 11.8 Å². The summed E-state index contributed by atoms with van der Waals surface area (Å²) in [6, 6.07) is 20.2. The van der Waals surface area contributed by atoms with Crippen molar-refractivity contribution in [1.29, 1.82) is 0 Å². The SMILES string of the molecule is CN(C)CCCC(=O)Nc1cccc(NC(=O)c2cccc(C(=O)Nc3cccc(NC(=O)CCCN(C)C)c3)c2)c1. The van der Waals surface area contributed by atoms with E-state index < -0.39 is 11.8 Å². The molecule has 0 spiro atoms. The number of carbonyl (C=O) groups excluding carboxylic acids is 4. The zero-order valence-corrected chi connectivity index (χ0v) is 24.7. The minimum absolute atomic E-state index is 0.0908. The number of hydrogen-bond acceptors (Lipinski definition) is 6. The molecule has 0 fully saturated rings. The Balaban J connectivity index is 1.57. The summed E-state index contributed by atoms with van der Waals surface area (Å²) in [6.45, 7) is 1.64. The van der Waals surface area contributed by atoms with Gasteiger partial charge in [-0.05, 0) is 109 Å². The Hall–Kier alpha value is -4.54. The highest BCUT2D eigenvalue weighted by atomic mass is 16.2. The van der Waals surface area contributed by atoms with Crippen molar-refractivity contribution >= 4 is 46.4 Å². The summed E-state index contributed by atoms with van der Waals surface area (Å²) in [7, 11) is 7.85. The summed E-state index contributed by atoms with van der Waals surface area (Å²) in [5, 5.41) is 11.4. The van der Waals surface area contributed by atoms with Gasteiger partial charge in [0.15, 0.2) is 0 Å². The lowest BCUT2D eigenvalue weighted by atomic mass is 10.1. The Morgan fingerprint density at radius 3 is 1.26 bits per heavy atom. The number of hydrogen-bond donors (Lipinski definition) is 4. The fourth-order valence-electron chi connectivity index (χ4n) is 4.12. The second kappa shape index (κ2) is 16.0. The van der Waals surface area contributed by atoms with Crippen LogP contribution in [0.15, 0.2) is 72.8 Å². The van der Waals surface area contributed by atoms with E-state index in [1.807, 2.05) is 38.0 Å². The Bertz CT molecular complexity index is 1290. The van der Waals surface area contributed by atoms with Crippen molar-refractivity contribution in [2.24, 2.45) is 0 Å². The number of anilines is 4. The largest absolute Gasteiger partial charge is 0.326 e. The minimum Gasteiger partial charge on any atom is -0.326 e. The van der Waals surface area contributed by atoms with E-state index in [-0.39, 0.29) is 11.8 Å². The van der Waals surface area contributed by atoms with Gasteiger partial charge in [0.05, 0.1) is 0 Å². The third-order valence-corrected chi connectivity index (χ3v) is 6.21. The number of rotatable bonds is 14. The highest BCUT2D eigenvalue weighted by Gasteiger charge is 2.13. The van der Waals surface area contributed by atoms with Gasteiger partial charge in [-0.1, -0.05) is 18.2 Å². The van der Waals surface area contributed by atoms with Gasteiger partial charge >= 0.3 is 0 Å². The maximum Gasteiger partial charge on any atom is 0.255 e. The maximum atomic E-state index is 13.0. The van der Waals surface area contributed by atoms with E-state index in [0.29, 0.717) is 46.7 Å². The molecule has 0 aliphatic heterocycles. The molecule has 0 saturated heterocycles.